The first-order chi connectivity index (χ1) is 8.25. The fraction of sp³-hybridized carbons (Fsp3) is 0.786. The van der Waals surface area contributed by atoms with Gasteiger partial charge in [0, 0.05) is 24.8 Å². The molecule has 1 aromatic rings. The van der Waals surface area contributed by atoms with Crippen LogP contribution in [0, 0.1) is 25.7 Å². The molecule has 1 N–H and O–H groups in total. The largest absolute Gasteiger partial charge is 0.333 e. The molecule has 0 spiro atoms. The Morgan fingerprint density at radius 3 is 2.41 bits per heavy atom. The predicted molar refractivity (Wildman–Crippen MR) is 68.9 cm³/mol. The van der Waals surface area contributed by atoms with Crippen LogP contribution in [0.1, 0.15) is 37.1 Å². The van der Waals surface area contributed by atoms with Crippen molar-refractivity contribution < 1.29 is 0 Å². The first-order valence-electron chi connectivity index (χ1n) is 6.97. The molecule has 3 heteroatoms. The van der Waals surface area contributed by atoms with E-state index in [4.69, 9.17) is 0 Å². The van der Waals surface area contributed by atoms with Crippen LogP contribution in [0.15, 0.2) is 6.33 Å². The maximum absolute atomic E-state index is 4.34. The van der Waals surface area contributed by atoms with E-state index < -0.39 is 0 Å². The summed E-state index contributed by atoms with van der Waals surface area (Å²) in [5, 5.41) is 3.78. The maximum atomic E-state index is 4.34. The number of hydrogen-bond acceptors (Lipinski definition) is 2. The number of imidazole rings is 1. The molecule has 1 heterocycles. The maximum Gasteiger partial charge on any atom is 0.0951 e. The normalized spacial score (nSPS) is 20.2. The van der Waals surface area contributed by atoms with Crippen LogP contribution in [0.25, 0.3) is 0 Å². The third-order valence-corrected chi connectivity index (χ3v) is 4.34. The summed E-state index contributed by atoms with van der Waals surface area (Å²) in [7, 11) is 0. The van der Waals surface area contributed by atoms with Crippen LogP contribution < -0.4 is 5.32 Å². The fourth-order valence-corrected chi connectivity index (χ4v) is 2.75. The monoisotopic (exact) mass is 233 g/mol. The Morgan fingerprint density at radius 1 is 1.29 bits per heavy atom. The van der Waals surface area contributed by atoms with E-state index in [0.717, 1.165) is 36.7 Å². The van der Waals surface area contributed by atoms with Gasteiger partial charge < -0.3 is 9.88 Å². The molecule has 0 amide bonds. The molecular weight excluding hydrogens is 210 g/mol. The molecule has 2 aliphatic carbocycles. The van der Waals surface area contributed by atoms with Crippen molar-refractivity contribution in [2.45, 2.75) is 52.1 Å². The molecule has 2 saturated carbocycles. The van der Waals surface area contributed by atoms with Gasteiger partial charge in [0.15, 0.2) is 0 Å². The van der Waals surface area contributed by atoms with Crippen LogP contribution in [0.3, 0.4) is 0 Å². The van der Waals surface area contributed by atoms with Crippen LogP contribution >= 0.6 is 0 Å². The zero-order valence-electron chi connectivity index (χ0n) is 10.9. The van der Waals surface area contributed by atoms with E-state index in [1.807, 2.05) is 6.33 Å². The van der Waals surface area contributed by atoms with Crippen molar-refractivity contribution in [1.82, 2.24) is 14.9 Å². The summed E-state index contributed by atoms with van der Waals surface area (Å²) < 4.78 is 2.26. The summed E-state index contributed by atoms with van der Waals surface area (Å²) in [4.78, 5) is 4.34. The summed E-state index contributed by atoms with van der Waals surface area (Å²) in [6.45, 7) is 6.38. The highest BCUT2D eigenvalue weighted by Gasteiger charge is 2.40. The molecule has 3 nitrogen and oxygen atoms in total. The third kappa shape index (κ3) is 2.54. The van der Waals surface area contributed by atoms with Gasteiger partial charge in [0.1, 0.15) is 0 Å². The molecule has 94 valence electrons. The van der Waals surface area contributed by atoms with Gasteiger partial charge in [0.2, 0.25) is 0 Å². The second-order valence-electron chi connectivity index (χ2n) is 5.76. The van der Waals surface area contributed by atoms with Crippen LogP contribution in [0.4, 0.5) is 0 Å². The van der Waals surface area contributed by atoms with E-state index in [-0.39, 0.29) is 0 Å². The van der Waals surface area contributed by atoms with Crippen molar-refractivity contribution in [1.29, 1.82) is 0 Å². The third-order valence-electron chi connectivity index (χ3n) is 4.34. The molecular formula is C14H23N3. The molecule has 0 bridgehead atoms. The smallest absolute Gasteiger partial charge is 0.0951 e. The summed E-state index contributed by atoms with van der Waals surface area (Å²) in [5.41, 5.74) is 2.46. The van der Waals surface area contributed by atoms with Crippen LogP contribution in [0.5, 0.6) is 0 Å². The van der Waals surface area contributed by atoms with Gasteiger partial charge in [-0.2, -0.15) is 0 Å². The van der Waals surface area contributed by atoms with Gasteiger partial charge in [-0.25, -0.2) is 4.98 Å². The Morgan fingerprint density at radius 2 is 1.94 bits per heavy atom. The van der Waals surface area contributed by atoms with Gasteiger partial charge in [-0.3, -0.25) is 0 Å². The van der Waals surface area contributed by atoms with Gasteiger partial charge in [-0.05, 0) is 51.4 Å². The number of nitrogens with one attached hydrogen (secondary N) is 1. The number of aromatic nitrogens is 2. The van der Waals surface area contributed by atoms with Crippen molar-refractivity contribution in [2.75, 3.05) is 6.54 Å². The molecule has 2 fully saturated rings. The Balaban J connectivity index is 1.49. The minimum Gasteiger partial charge on any atom is -0.333 e. The minimum atomic E-state index is 0.819. The van der Waals surface area contributed by atoms with E-state index in [1.165, 1.54) is 31.4 Å². The molecule has 0 radical (unpaired) electrons. The Bertz CT molecular complexity index is 376. The minimum absolute atomic E-state index is 0.819. The number of aryl methyl sites for hydroxylation is 1. The Hall–Kier alpha value is -0.830. The van der Waals surface area contributed by atoms with Crippen molar-refractivity contribution in [2.24, 2.45) is 11.8 Å². The molecule has 0 aromatic carbocycles. The summed E-state index contributed by atoms with van der Waals surface area (Å²) in [5.74, 6) is 1.99. The Labute approximate surface area is 104 Å². The lowest BCUT2D eigenvalue weighted by molar-refractivity contribution is 0.405. The van der Waals surface area contributed by atoms with Gasteiger partial charge in [-0.1, -0.05) is 0 Å². The van der Waals surface area contributed by atoms with Crippen molar-refractivity contribution in [3.63, 3.8) is 0 Å². The van der Waals surface area contributed by atoms with E-state index >= 15 is 0 Å². The average Bonchev–Trinajstić information content (AvgIpc) is 3.20. The first kappa shape index (κ1) is 11.3. The zero-order chi connectivity index (χ0) is 11.8. The average molecular weight is 233 g/mol. The molecule has 3 rings (SSSR count). The summed E-state index contributed by atoms with van der Waals surface area (Å²) in [6, 6.07) is 0.819. The Kier molecular flexibility index (Phi) is 2.95. The highest BCUT2D eigenvalue weighted by Crippen LogP contribution is 2.44. The fourth-order valence-electron chi connectivity index (χ4n) is 2.75. The highest BCUT2D eigenvalue weighted by atomic mass is 15.1. The predicted octanol–water partition coefficient (Wildman–Crippen LogP) is 2.28. The lowest BCUT2D eigenvalue weighted by Crippen LogP contribution is -2.35. The van der Waals surface area contributed by atoms with E-state index in [2.05, 4.69) is 28.7 Å². The zero-order valence-corrected chi connectivity index (χ0v) is 10.9. The van der Waals surface area contributed by atoms with Crippen LogP contribution in [-0.4, -0.2) is 22.1 Å². The number of hydrogen-bond donors (Lipinski definition) is 1. The first-order valence-corrected chi connectivity index (χ1v) is 6.97. The molecule has 2 aliphatic rings. The molecule has 0 atom stereocenters. The second-order valence-corrected chi connectivity index (χ2v) is 5.76. The van der Waals surface area contributed by atoms with Crippen LogP contribution in [0.2, 0.25) is 0 Å². The molecule has 0 saturated heterocycles. The quantitative estimate of drug-likeness (QED) is 0.817. The standard InChI is InChI=1S/C14H23N3/c1-10-11(2)17(9-16-10)8-7-15-14(12-3-4-12)13-5-6-13/h9,12-15H,3-8H2,1-2H3. The lowest BCUT2D eigenvalue weighted by atomic mass is 10.1. The second kappa shape index (κ2) is 4.45. The van der Waals surface area contributed by atoms with Crippen molar-refractivity contribution >= 4 is 0 Å². The topological polar surface area (TPSA) is 29.9 Å². The summed E-state index contributed by atoms with van der Waals surface area (Å²) >= 11 is 0. The number of rotatable bonds is 6. The van der Waals surface area contributed by atoms with Gasteiger partial charge in [0.05, 0.1) is 12.0 Å². The van der Waals surface area contributed by atoms with E-state index in [1.54, 1.807) is 0 Å². The molecule has 0 aliphatic heterocycles. The van der Waals surface area contributed by atoms with Gasteiger partial charge >= 0.3 is 0 Å². The van der Waals surface area contributed by atoms with Gasteiger partial charge in [-0.15, -0.1) is 0 Å². The van der Waals surface area contributed by atoms with Crippen molar-refractivity contribution in [3.8, 4) is 0 Å². The van der Waals surface area contributed by atoms with Crippen LogP contribution in [-0.2, 0) is 6.54 Å². The summed E-state index contributed by atoms with van der Waals surface area (Å²) in [6.07, 6.45) is 7.79. The number of nitrogens with zero attached hydrogens (tertiary/aromatic N) is 2. The molecule has 1 aromatic heterocycles. The highest BCUT2D eigenvalue weighted by molar-refractivity contribution is 5.08. The van der Waals surface area contributed by atoms with Crippen molar-refractivity contribution in [3.05, 3.63) is 17.7 Å². The van der Waals surface area contributed by atoms with Gasteiger partial charge in [0.25, 0.3) is 0 Å². The molecule has 17 heavy (non-hydrogen) atoms. The van der Waals surface area contributed by atoms with E-state index in [0.29, 0.717) is 0 Å². The lowest BCUT2D eigenvalue weighted by Gasteiger charge is -2.18. The molecule has 0 unspecified atom stereocenters. The SMILES string of the molecule is Cc1ncn(CCNC(C2CC2)C2CC2)c1C. The van der Waals surface area contributed by atoms with E-state index in [9.17, 15) is 0 Å².